The van der Waals surface area contributed by atoms with Crippen LogP contribution < -0.4 is 5.32 Å². The highest BCUT2D eigenvalue weighted by Crippen LogP contribution is 2.43. The third-order valence-electron chi connectivity index (χ3n) is 5.34. The molecule has 0 spiro atoms. The fourth-order valence-electron chi connectivity index (χ4n) is 3.62. The van der Waals surface area contributed by atoms with Crippen LogP contribution in [0.2, 0.25) is 0 Å². The van der Waals surface area contributed by atoms with Crippen LogP contribution >= 0.6 is 0 Å². The summed E-state index contributed by atoms with van der Waals surface area (Å²) in [4.78, 5) is 16.7. The molecule has 2 rings (SSSR count). The van der Waals surface area contributed by atoms with Crippen LogP contribution in [0.15, 0.2) is 24.5 Å². The molecular weight excluding hydrogens is 312 g/mol. The van der Waals surface area contributed by atoms with Gasteiger partial charge in [-0.1, -0.05) is 40.2 Å². The highest BCUT2D eigenvalue weighted by Gasteiger charge is 2.39. The first kappa shape index (κ1) is 19.9. The second-order valence-electron chi connectivity index (χ2n) is 8.35. The van der Waals surface area contributed by atoms with Crippen LogP contribution in [-0.2, 0) is 16.1 Å². The van der Waals surface area contributed by atoms with Gasteiger partial charge in [-0.3, -0.25) is 9.78 Å². The number of rotatable bonds is 8. The molecule has 1 aromatic heterocycles. The van der Waals surface area contributed by atoms with Gasteiger partial charge in [0.2, 0.25) is 5.91 Å². The Kier molecular flexibility index (Phi) is 7.42. The van der Waals surface area contributed by atoms with E-state index in [4.69, 9.17) is 4.74 Å². The number of amides is 1. The molecule has 1 aromatic rings. The Morgan fingerprint density at radius 3 is 2.84 bits per heavy atom. The summed E-state index contributed by atoms with van der Waals surface area (Å²) in [6, 6.07) is 3.89. The maximum absolute atomic E-state index is 12.6. The molecule has 0 saturated carbocycles. The van der Waals surface area contributed by atoms with Crippen LogP contribution in [0, 0.1) is 17.3 Å². The predicted molar refractivity (Wildman–Crippen MR) is 101 cm³/mol. The van der Waals surface area contributed by atoms with Crippen LogP contribution in [0.1, 0.15) is 65.4 Å². The van der Waals surface area contributed by atoms with E-state index in [0.29, 0.717) is 24.8 Å². The van der Waals surface area contributed by atoms with Crippen molar-refractivity contribution < 1.29 is 9.53 Å². The highest BCUT2D eigenvalue weighted by atomic mass is 16.5. The number of aromatic nitrogens is 1. The van der Waals surface area contributed by atoms with Crippen molar-refractivity contribution in [2.24, 2.45) is 17.3 Å². The Balaban J connectivity index is 1.98. The zero-order valence-corrected chi connectivity index (χ0v) is 16.3. The maximum atomic E-state index is 12.6. The molecule has 1 fully saturated rings. The zero-order chi connectivity index (χ0) is 18.3. The van der Waals surface area contributed by atoms with Crippen molar-refractivity contribution >= 4 is 5.91 Å². The Hall–Kier alpha value is -1.42. The van der Waals surface area contributed by atoms with E-state index in [0.717, 1.165) is 31.4 Å². The van der Waals surface area contributed by atoms with Crippen molar-refractivity contribution in [3.63, 3.8) is 0 Å². The lowest BCUT2D eigenvalue weighted by Gasteiger charge is -2.42. The van der Waals surface area contributed by atoms with Crippen LogP contribution in [-0.4, -0.2) is 23.6 Å². The molecular formula is C21H34N2O2. The number of nitrogens with zero attached hydrogens (tertiary/aromatic N) is 1. The normalized spacial score (nSPS) is 23.8. The number of ether oxygens (including phenoxy) is 1. The molecule has 4 nitrogen and oxygen atoms in total. The van der Waals surface area contributed by atoms with Gasteiger partial charge in [0.1, 0.15) is 0 Å². The number of hydrogen-bond acceptors (Lipinski definition) is 3. The number of hydrogen-bond donors (Lipinski definition) is 1. The molecule has 0 radical (unpaired) electrons. The molecule has 4 heteroatoms. The van der Waals surface area contributed by atoms with Crippen LogP contribution in [0.25, 0.3) is 0 Å². The first-order valence-corrected chi connectivity index (χ1v) is 9.67. The van der Waals surface area contributed by atoms with E-state index in [-0.39, 0.29) is 17.4 Å². The highest BCUT2D eigenvalue weighted by molar-refractivity contribution is 5.76. The summed E-state index contributed by atoms with van der Waals surface area (Å²) in [5, 5.41) is 3.08. The average molecular weight is 347 g/mol. The zero-order valence-electron chi connectivity index (χ0n) is 16.3. The first-order valence-electron chi connectivity index (χ1n) is 9.67. The summed E-state index contributed by atoms with van der Waals surface area (Å²) >= 11 is 0. The average Bonchev–Trinajstić information content (AvgIpc) is 2.59. The van der Waals surface area contributed by atoms with E-state index in [2.05, 4.69) is 38.0 Å². The van der Waals surface area contributed by atoms with Crippen LogP contribution in [0.4, 0.5) is 0 Å². The van der Waals surface area contributed by atoms with Gasteiger partial charge in [-0.05, 0) is 48.1 Å². The fourth-order valence-corrected chi connectivity index (χ4v) is 3.62. The number of nitrogens with one attached hydrogen (secondary N) is 1. The minimum atomic E-state index is 0.0798. The molecule has 0 bridgehead atoms. The molecule has 2 heterocycles. The predicted octanol–water partition coefficient (Wildman–Crippen LogP) is 4.35. The molecule has 2 atom stereocenters. The van der Waals surface area contributed by atoms with Crippen molar-refractivity contribution in [2.45, 2.75) is 72.4 Å². The topological polar surface area (TPSA) is 51.2 Å². The summed E-state index contributed by atoms with van der Waals surface area (Å²) in [5.41, 5.74) is 1.12. The molecule has 0 aromatic carbocycles. The van der Waals surface area contributed by atoms with Gasteiger partial charge >= 0.3 is 0 Å². The van der Waals surface area contributed by atoms with Gasteiger partial charge in [0.25, 0.3) is 0 Å². The summed E-state index contributed by atoms with van der Waals surface area (Å²) in [7, 11) is 0. The Morgan fingerprint density at radius 1 is 1.40 bits per heavy atom. The Bertz CT molecular complexity index is 530. The molecule has 25 heavy (non-hydrogen) atoms. The summed E-state index contributed by atoms with van der Waals surface area (Å²) in [6.07, 6.45) is 8.69. The molecule has 1 N–H and O–H groups in total. The van der Waals surface area contributed by atoms with E-state index in [1.165, 1.54) is 6.42 Å². The fraction of sp³-hybridized carbons (Fsp3) is 0.714. The molecule has 1 aliphatic rings. The molecule has 1 aliphatic heterocycles. The van der Waals surface area contributed by atoms with E-state index < -0.39 is 0 Å². The lowest BCUT2D eigenvalue weighted by atomic mass is 9.69. The minimum Gasteiger partial charge on any atom is -0.378 e. The summed E-state index contributed by atoms with van der Waals surface area (Å²) < 4.78 is 5.97. The van der Waals surface area contributed by atoms with Crippen molar-refractivity contribution in [3.8, 4) is 0 Å². The van der Waals surface area contributed by atoms with Gasteiger partial charge in [-0.2, -0.15) is 0 Å². The van der Waals surface area contributed by atoms with Crippen molar-refractivity contribution in [2.75, 3.05) is 6.61 Å². The standard InChI is InChI=1S/C21H34N2O2/c1-16(2)7-8-21(9-11-25-19(12-21)17(3)4)13-20(24)23-15-18-6-5-10-22-14-18/h5-6,10,14,16-17,19H,7-9,11-13,15H2,1-4H3,(H,23,24)/t19-,21+/m1/s1. The minimum absolute atomic E-state index is 0.0798. The van der Waals surface area contributed by atoms with Gasteiger partial charge in [-0.25, -0.2) is 0 Å². The van der Waals surface area contributed by atoms with E-state index in [1.54, 1.807) is 12.4 Å². The SMILES string of the molecule is CC(C)CC[C@]1(CC(=O)NCc2cccnc2)CCO[C@@H](C(C)C)C1. The van der Waals surface area contributed by atoms with Gasteiger partial charge in [0.15, 0.2) is 0 Å². The van der Waals surface area contributed by atoms with E-state index >= 15 is 0 Å². The van der Waals surface area contributed by atoms with Gasteiger partial charge in [-0.15, -0.1) is 0 Å². The summed E-state index contributed by atoms with van der Waals surface area (Å²) in [5.74, 6) is 1.31. The first-order chi connectivity index (χ1) is 11.9. The van der Waals surface area contributed by atoms with E-state index in [1.807, 2.05) is 12.1 Å². The second kappa shape index (κ2) is 9.33. The largest absolute Gasteiger partial charge is 0.378 e. The third-order valence-corrected chi connectivity index (χ3v) is 5.34. The maximum Gasteiger partial charge on any atom is 0.220 e. The monoisotopic (exact) mass is 346 g/mol. The molecule has 1 saturated heterocycles. The second-order valence-corrected chi connectivity index (χ2v) is 8.35. The van der Waals surface area contributed by atoms with Gasteiger partial charge in [0, 0.05) is 32.0 Å². The lowest BCUT2D eigenvalue weighted by molar-refractivity contribution is -0.129. The van der Waals surface area contributed by atoms with Crippen LogP contribution in [0.5, 0.6) is 0 Å². The smallest absolute Gasteiger partial charge is 0.220 e. The van der Waals surface area contributed by atoms with Gasteiger partial charge < -0.3 is 10.1 Å². The van der Waals surface area contributed by atoms with Crippen molar-refractivity contribution in [1.29, 1.82) is 0 Å². The number of carbonyl (C=O) groups is 1. The molecule has 0 unspecified atom stereocenters. The van der Waals surface area contributed by atoms with Crippen molar-refractivity contribution in [3.05, 3.63) is 30.1 Å². The Labute approximate surface area is 152 Å². The van der Waals surface area contributed by atoms with Crippen molar-refractivity contribution in [1.82, 2.24) is 10.3 Å². The molecule has 1 amide bonds. The molecule has 0 aliphatic carbocycles. The number of carbonyl (C=O) groups excluding carboxylic acids is 1. The number of pyridine rings is 1. The third kappa shape index (κ3) is 6.43. The lowest BCUT2D eigenvalue weighted by Crippen LogP contribution is -2.41. The van der Waals surface area contributed by atoms with Crippen LogP contribution in [0.3, 0.4) is 0 Å². The summed E-state index contributed by atoms with van der Waals surface area (Å²) in [6.45, 7) is 10.3. The van der Waals surface area contributed by atoms with Gasteiger partial charge in [0.05, 0.1) is 6.10 Å². The Morgan fingerprint density at radius 2 is 2.20 bits per heavy atom. The van der Waals surface area contributed by atoms with E-state index in [9.17, 15) is 4.79 Å². The molecule has 140 valence electrons. The quantitative estimate of drug-likeness (QED) is 0.761.